The number of hydrogen-bond acceptors (Lipinski definition) is 4. The van der Waals surface area contributed by atoms with Crippen molar-refractivity contribution in [2.24, 2.45) is 0 Å². The van der Waals surface area contributed by atoms with Crippen molar-refractivity contribution in [3.63, 3.8) is 0 Å². The first-order valence-electron chi connectivity index (χ1n) is 6.67. The molecule has 7 heteroatoms. The molecule has 1 aliphatic rings. The molecule has 2 atom stereocenters. The van der Waals surface area contributed by atoms with Gasteiger partial charge >= 0.3 is 5.97 Å². The van der Waals surface area contributed by atoms with Crippen LogP contribution in [0.4, 0.5) is 5.69 Å². The van der Waals surface area contributed by atoms with Gasteiger partial charge in [-0.3, -0.25) is 10.1 Å². The lowest BCUT2D eigenvalue weighted by Crippen LogP contribution is -2.22. The fraction of sp³-hybridized carbons (Fsp3) is 0.357. The first kappa shape index (κ1) is 13.6. The maximum Gasteiger partial charge on any atom is 0.332 e. The Bertz CT molecular complexity index is 708. The Morgan fingerprint density at radius 3 is 2.90 bits per heavy atom. The van der Waals surface area contributed by atoms with E-state index in [2.05, 4.69) is 0 Å². The van der Waals surface area contributed by atoms with E-state index in [4.69, 9.17) is 9.84 Å². The van der Waals surface area contributed by atoms with Gasteiger partial charge in [0, 0.05) is 18.8 Å². The van der Waals surface area contributed by atoms with Crippen LogP contribution in [0.5, 0.6) is 0 Å². The van der Waals surface area contributed by atoms with Gasteiger partial charge in [-0.25, -0.2) is 4.79 Å². The van der Waals surface area contributed by atoms with Gasteiger partial charge in [0.05, 0.1) is 21.9 Å². The van der Waals surface area contributed by atoms with E-state index in [1.165, 1.54) is 6.07 Å². The minimum Gasteiger partial charge on any atom is -0.479 e. The number of aromatic nitrogens is 1. The molecule has 110 valence electrons. The number of fused-ring (bicyclic) bond motifs is 1. The number of hydrogen-bond donors (Lipinski definition) is 1. The molecule has 1 aromatic heterocycles. The van der Waals surface area contributed by atoms with E-state index in [0.29, 0.717) is 24.8 Å². The highest BCUT2D eigenvalue weighted by atomic mass is 16.6. The number of benzene rings is 1. The molecule has 0 spiro atoms. The Kier molecular flexibility index (Phi) is 3.34. The zero-order valence-electron chi connectivity index (χ0n) is 11.1. The third-order valence-electron chi connectivity index (χ3n) is 3.77. The second kappa shape index (κ2) is 5.17. The molecule has 1 saturated heterocycles. The second-order valence-corrected chi connectivity index (χ2v) is 5.10. The monoisotopic (exact) mass is 290 g/mol. The van der Waals surface area contributed by atoms with Gasteiger partial charge < -0.3 is 14.4 Å². The number of ether oxygens (including phenoxy) is 1. The van der Waals surface area contributed by atoms with Crippen molar-refractivity contribution in [1.82, 2.24) is 4.57 Å². The number of nitro groups is 1. The Labute approximate surface area is 119 Å². The van der Waals surface area contributed by atoms with Crippen LogP contribution in [-0.2, 0) is 16.1 Å². The predicted molar refractivity (Wildman–Crippen MR) is 74.1 cm³/mol. The highest BCUT2D eigenvalue weighted by Gasteiger charge is 2.30. The number of carboxylic acids is 1. The topological polar surface area (TPSA) is 94.6 Å². The van der Waals surface area contributed by atoms with E-state index < -0.39 is 17.0 Å². The molecule has 0 radical (unpaired) electrons. The lowest BCUT2D eigenvalue weighted by atomic mass is 10.2. The summed E-state index contributed by atoms with van der Waals surface area (Å²) < 4.78 is 7.34. The Morgan fingerprint density at radius 1 is 1.43 bits per heavy atom. The van der Waals surface area contributed by atoms with Gasteiger partial charge in [0.2, 0.25) is 0 Å². The number of nitrogens with zero attached hydrogens (tertiary/aromatic N) is 2. The molecular formula is C14H14N2O5. The van der Waals surface area contributed by atoms with Gasteiger partial charge in [0.15, 0.2) is 6.10 Å². The summed E-state index contributed by atoms with van der Waals surface area (Å²) in [6, 6.07) is 6.63. The van der Waals surface area contributed by atoms with E-state index in [1.807, 2.05) is 10.6 Å². The normalized spacial score (nSPS) is 21.7. The quantitative estimate of drug-likeness (QED) is 0.688. The number of aliphatic carboxylic acids is 1. The summed E-state index contributed by atoms with van der Waals surface area (Å²) >= 11 is 0. The van der Waals surface area contributed by atoms with Crippen LogP contribution in [-0.4, -0.2) is 32.8 Å². The number of nitro benzene ring substituents is 1. The van der Waals surface area contributed by atoms with Gasteiger partial charge in [0.25, 0.3) is 5.69 Å². The van der Waals surface area contributed by atoms with Crippen LogP contribution in [0.25, 0.3) is 10.9 Å². The molecule has 0 saturated carbocycles. The molecule has 3 rings (SSSR count). The summed E-state index contributed by atoms with van der Waals surface area (Å²) in [5, 5.41) is 20.5. The zero-order valence-corrected chi connectivity index (χ0v) is 11.1. The standard InChI is InChI=1S/C14H14N2O5/c17-14(18)13-5-4-9(21-13)8-15-7-6-10-11(15)2-1-3-12(10)16(19)20/h1-3,6-7,9,13H,4-5,8H2,(H,17,18). The van der Waals surface area contributed by atoms with Crippen molar-refractivity contribution in [2.45, 2.75) is 31.6 Å². The molecule has 1 N–H and O–H groups in total. The molecule has 2 heterocycles. The van der Waals surface area contributed by atoms with Crippen molar-refractivity contribution in [2.75, 3.05) is 0 Å². The molecule has 0 amide bonds. The van der Waals surface area contributed by atoms with E-state index >= 15 is 0 Å². The maximum atomic E-state index is 11.0. The minimum absolute atomic E-state index is 0.0713. The molecule has 1 fully saturated rings. The van der Waals surface area contributed by atoms with E-state index in [1.54, 1.807) is 18.3 Å². The SMILES string of the molecule is O=C(O)C1CCC(Cn2ccc3c([N+](=O)[O-])cccc32)O1. The van der Waals surface area contributed by atoms with Crippen molar-refractivity contribution in [3.05, 3.63) is 40.6 Å². The number of carboxylic acid groups (broad SMARTS) is 1. The van der Waals surface area contributed by atoms with Crippen molar-refractivity contribution in [3.8, 4) is 0 Å². The third kappa shape index (κ3) is 2.47. The van der Waals surface area contributed by atoms with Crippen LogP contribution < -0.4 is 0 Å². The van der Waals surface area contributed by atoms with Gasteiger partial charge in [-0.05, 0) is 25.0 Å². The third-order valence-corrected chi connectivity index (χ3v) is 3.77. The second-order valence-electron chi connectivity index (χ2n) is 5.10. The smallest absolute Gasteiger partial charge is 0.332 e. The molecule has 21 heavy (non-hydrogen) atoms. The molecule has 1 aliphatic heterocycles. The summed E-state index contributed by atoms with van der Waals surface area (Å²) in [7, 11) is 0. The largest absolute Gasteiger partial charge is 0.479 e. The fourth-order valence-corrected chi connectivity index (χ4v) is 2.77. The van der Waals surface area contributed by atoms with E-state index in [0.717, 1.165) is 5.52 Å². The average Bonchev–Trinajstić information content (AvgIpc) is 3.06. The van der Waals surface area contributed by atoms with Crippen LogP contribution in [0.3, 0.4) is 0 Å². The fourth-order valence-electron chi connectivity index (χ4n) is 2.77. The first-order chi connectivity index (χ1) is 10.1. The van der Waals surface area contributed by atoms with Crippen LogP contribution in [0.15, 0.2) is 30.5 Å². The Hall–Kier alpha value is -2.41. The number of rotatable bonds is 4. The summed E-state index contributed by atoms with van der Waals surface area (Å²) in [6.07, 6.45) is 2.02. The first-order valence-corrected chi connectivity index (χ1v) is 6.67. The van der Waals surface area contributed by atoms with Crippen molar-refractivity contribution < 1.29 is 19.6 Å². The summed E-state index contributed by atoms with van der Waals surface area (Å²) in [5.74, 6) is -0.939. The number of non-ortho nitro benzene ring substituents is 1. The Morgan fingerprint density at radius 2 is 2.24 bits per heavy atom. The van der Waals surface area contributed by atoms with Gasteiger partial charge in [-0.1, -0.05) is 6.07 Å². The summed E-state index contributed by atoms with van der Waals surface area (Å²) in [4.78, 5) is 21.5. The van der Waals surface area contributed by atoms with Gasteiger partial charge in [-0.15, -0.1) is 0 Å². The molecule has 1 aromatic carbocycles. The van der Waals surface area contributed by atoms with Crippen LogP contribution in [0.1, 0.15) is 12.8 Å². The van der Waals surface area contributed by atoms with Crippen LogP contribution in [0.2, 0.25) is 0 Å². The average molecular weight is 290 g/mol. The zero-order chi connectivity index (χ0) is 15.0. The molecule has 2 unspecified atom stereocenters. The molecule has 0 aliphatic carbocycles. The highest BCUT2D eigenvalue weighted by molar-refractivity contribution is 5.89. The van der Waals surface area contributed by atoms with Crippen molar-refractivity contribution >= 4 is 22.6 Å². The molecule has 7 nitrogen and oxygen atoms in total. The van der Waals surface area contributed by atoms with E-state index in [-0.39, 0.29) is 11.8 Å². The predicted octanol–water partition coefficient (Wildman–Crippen LogP) is 2.18. The summed E-state index contributed by atoms with van der Waals surface area (Å²) in [6.45, 7) is 0.494. The van der Waals surface area contributed by atoms with Crippen molar-refractivity contribution in [1.29, 1.82) is 0 Å². The molecule has 2 aromatic rings. The van der Waals surface area contributed by atoms with Crippen LogP contribution in [0, 0.1) is 10.1 Å². The highest BCUT2D eigenvalue weighted by Crippen LogP contribution is 2.28. The molecule has 0 bridgehead atoms. The molecular weight excluding hydrogens is 276 g/mol. The Balaban J connectivity index is 1.84. The summed E-state index contributed by atoms with van der Waals surface area (Å²) in [5.41, 5.74) is 0.827. The van der Waals surface area contributed by atoms with Crippen LogP contribution >= 0.6 is 0 Å². The maximum absolute atomic E-state index is 11.0. The van der Waals surface area contributed by atoms with Gasteiger partial charge in [0.1, 0.15) is 0 Å². The lowest BCUT2D eigenvalue weighted by Gasteiger charge is -2.13. The lowest BCUT2D eigenvalue weighted by molar-refractivity contribution is -0.383. The van der Waals surface area contributed by atoms with Gasteiger partial charge in [-0.2, -0.15) is 0 Å². The minimum atomic E-state index is -0.939. The van der Waals surface area contributed by atoms with E-state index in [9.17, 15) is 14.9 Å². The number of carbonyl (C=O) groups is 1.